The third-order valence-electron chi connectivity index (χ3n) is 2.09. The van der Waals surface area contributed by atoms with Crippen LogP contribution in [0.2, 0.25) is 0 Å². The number of methoxy groups -OCH3 is 1. The molecule has 6 heteroatoms. The highest BCUT2D eigenvalue weighted by Crippen LogP contribution is 2.27. The van der Waals surface area contributed by atoms with Crippen LogP contribution in [0.25, 0.3) is 11.3 Å². The molecule has 0 aliphatic rings. The maximum Gasteiger partial charge on any atom is 0.242 e. The first-order chi connectivity index (χ1) is 8.24. The van der Waals surface area contributed by atoms with Crippen LogP contribution in [-0.4, -0.2) is 18.3 Å². The van der Waals surface area contributed by atoms with Crippen molar-refractivity contribution in [3.8, 4) is 17.1 Å². The number of rotatable bonds is 3. The van der Waals surface area contributed by atoms with Gasteiger partial charge < -0.3 is 9.26 Å². The van der Waals surface area contributed by atoms with Crippen molar-refractivity contribution in [2.75, 3.05) is 7.11 Å². The lowest BCUT2D eigenvalue weighted by atomic mass is 10.1. The number of hydrogen-bond acceptors (Lipinski definition) is 5. The maximum absolute atomic E-state index is 13.4. The van der Waals surface area contributed by atoms with Gasteiger partial charge >= 0.3 is 0 Å². The monoisotopic (exact) mass is 234 g/mol. The van der Waals surface area contributed by atoms with Gasteiger partial charge in [0.05, 0.1) is 7.11 Å². The molecule has 0 saturated heterocycles. The third kappa shape index (κ3) is 2.21. The smallest absolute Gasteiger partial charge is 0.242 e. The minimum atomic E-state index is -0.512. The standard InChI is InChI=1S/C11H7FN2O3/c1-16-9-3-2-7(4-8(9)12)10-5-11(13-6-15)14-17-10/h2-5H,1H3. The molecule has 0 aliphatic heterocycles. The average molecular weight is 234 g/mol. The number of carbonyl (C=O) groups excluding carboxylic acids is 1. The van der Waals surface area contributed by atoms with Gasteiger partial charge in [-0.05, 0) is 18.2 Å². The molecule has 17 heavy (non-hydrogen) atoms. The van der Waals surface area contributed by atoms with E-state index < -0.39 is 5.82 Å². The first-order valence-electron chi connectivity index (χ1n) is 4.63. The van der Waals surface area contributed by atoms with Crippen LogP contribution in [0.1, 0.15) is 0 Å². The van der Waals surface area contributed by atoms with E-state index in [1.165, 1.54) is 31.4 Å². The van der Waals surface area contributed by atoms with Gasteiger partial charge in [-0.2, -0.15) is 0 Å². The molecule has 0 saturated carbocycles. The third-order valence-corrected chi connectivity index (χ3v) is 2.09. The summed E-state index contributed by atoms with van der Waals surface area (Å²) in [5.74, 6) is 0.0213. The Labute approximate surface area is 95.5 Å². The first kappa shape index (κ1) is 11.0. The van der Waals surface area contributed by atoms with Gasteiger partial charge in [-0.1, -0.05) is 5.16 Å². The van der Waals surface area contributed by atoms with Crippen molar-refractivity contribution in [2.45, 2.75) is 0 Å². The van der Waals surface area contributed by atoms with Crippen LogP contribution in [0.5, 0.6) is 5.75 Å². The number of aromatic nitrogens is 1. The van der Waals surface area contributed by atoms with Crippen LogP contribution in [0.4, 0.5) is 10.2 Å². The second kappa shape index (κ2) is 4.59. The molecule has 0 radical (unpaired) electrons. The Kier molecular flexibility index (Phi) is 2.98. The molecular formula is C11H7FN2O3. The largest absolute Gasteiger partial charge is 0.494 e. The van der Waals surface area contributed by atoms with Crippen LogP contribution in [0, 0.1) is 5.82 Å². The van der Waals surface area contributed by atoms with Gasteiger partial charge in [-0.15, -0.1) is 4.99 Å². The van der Waals surface area contributed by atoms with E-state index in [2.05, 4.69) is 10.1 Å². The molecule has 0 bridgehead atoms. The second-order valence-corrected chi connectivity index (χ2v) is 3.10. The number of halogens is 1. The molecule has 0 fully saturated rings. The molecule has 1 aromatic carbocycles. The highest BCUT2D eigenvalue weighted by atomic mass is 19.1. The van der Waals surface area contributed by atoms with Crippen LogP contribution >= 0.6 is 0 Å². The van der Waals surface area contributed by atoms with Crippen molar-refractivity contribution in [3.05, 3.63) is 30.1 Å². The lowest BCUT2D eigenvalue weighted by Crippen LogP contribution is -1.87. The summed E-state index contributed by atoms with van der Waals surface area (Å²) < 4.78 is 23.1. The van der Waals surface area contributed by atoms with Crippen molar-refractivity contribution < 1.29 is 18.4 Å². The fourth-order valence-corrected chi connectivity index (χ4v) is 1.32. The minimum absolute atomic E-state index is 0.0891. The number of ether oxygens (including phenoxy) is 1. The molecule has 1 heterocycles. The predicted molar refractivity (Wildman–Crippen MR) is 56.2 cm³/mol. The van der Waals surface area contributed by atoms with Crippen LogP contribution in [0.3, 0.4) is 0 Å². The molecule has 0 spiro atoms. The van der Waals surface area contributed by atoms with Crippen LogP contribution < -0.4 is 4.74 Å². The van der Waals surface area contributed by atoms with E-state index in [0.717, 1.165) is 0 Å². The van der Waals surface area contributed by atoms with E-state index >= 15 is 0 Å². The van der Waals surface area contributed by atoms with Gasteiger partial charge in [-0.25, -0.2) is 9.18 Å². The summed E-state index contributed by atoms with van der Waals surface area (Å²) in [6, 6.07) is 5.73. The van der Waals surface area contributed by atoms with Gasteiger partial charge in [0.25, 0.3) is 0 Å². The molecule has 86 valence electrons. The Balaban J connectivity index is 2.38. The molecule has 0 unspecified atom stereocenters. The summed E-state index contributed by atoms with van der Waals surface area (Å²) in [5, 5.41) is 3.50. The van der Waals surface area contributed by atoms with E-state index in [1.54, 1.807) is 6.07 Å². The predicted octanol–water partition coefficient (Wildman–Crippen LogP) is 2.46. The summed E-state index contributed by atoms with van der Waals surface area (Å²) >= 11 is 0. The van der Waals surface area contributed by atoms with E-state index in [1.807, 2.05) is 0 Å². The molecule has 0 aliphatic carbocycles. The van der Waals surface area contributed by atoms with E-state index in [-0.39, 0.29) is 11.6 Å². The van der Waals surface area contributed by atoms with E-state index in [0.29, 0.717) is 11.3 Å². The second-order valence-electron chi connectivity index (χ2n) is 3.10. The van der Waals surface area contributed by atoms with Crippen molar-refractivity contribution in [1.29, 1.82) is 0 Å². The number of benzene rings is 1. The zero-order chi connectivity index (χ0) is 12.3. The first-order valence-corrected chi connectivity index (χ1v) is 4.63. The summed E-state index contributed by atoms with van der Waals surface area (Å²) in [6.07, 6.45) is 1.34. The fourth-order valence-electron chi connectivity index (χ4n) is 1.32. The van der Waals surface area contributed by atoms with E-state index in [9.17, 15) is 9.18 Å². The number of nitrogens with zero attached hydrogens (tertiary/aromatic N) is 2. The molecule has 0 N–H and O–H groups in total. The van der Waals surface area contributed by atoms with Crippen molar-refractivity contribution >= 4 is 11.9 Å². The highest BCUT2D eigenvalue weighted by Gasteiger charge is 2.09. The summed E-state index contributed by atoms with van der Waals surface area (Å²) in [4.78, 5) is 13.3. The highest BCUT2D eigenvalue weighted by molar-refractivity contribution is 5.61. The molecule has 2 rings (SSSR count). The molecule has 5 nitrogen and oxygen atoms in total. The van der Waals surface area contributed by atoms with Crippen LogP contribution in [-0.2, 0) is 4.79 Å². The quantitative estimate of drug-likeness (QED) is 0.604. The lowest BCUT2D eigenvalue weighted by molar-refractivity contribution is 0.386. The molecule has 0 amide bonds. The zero-order valence-corrected chi connectivity index (χ0v) is 8.81. The van der Waals surface area contributed by atoms with Gasteiger partial charge in [-0.3, -0.25) is 0 Å². The number of aliphatic imine (C=N–C) groups is 1. The average Bonchev–Trinajstić information content (AvgIpc) is 2.78. The summed E-state index contributed by atoms with van der Waals surface area (Å²) in [5.41, 5.74) is 0.475. The molecule has 0 atom stereocenters. The summed E-state index contributed by atoms with van der Waals surface area (Å²) in [6.45, 7) is 0. The normalized spacial score (nSPS) is 9.76. The SMILES string of the molecule is COc1ccc(-c2cc(N=C=O)no2)cc1F. The van der Waals surface area contributed by atoms with Crippen molar-refractivity contribution in [1.82, 2.24) is 5.16 Å². The van der Waals surface area contributed by atoms with Gasteiger partial charge in [0.15, 0.2) is 17.3 Å². The minimum Gasteiger partial charge on any atom is -0.494 e. The molecule has 2 aromatic rings. The van der Waals surface area contributed by atoms with Gasteiger partial charge in [0, 0.05) is 11.6 Å². The molecule has 1 aromatic heterocycles. The Bertz CT molecular complexity index is 588. The topological polar surface area (TPSA) is 64.7 Å². The zero-order valence-electron chi connectivity index (χ0n) is 8.81. The Hall–Kier alpha value is -2.46. The Morgan fingerprint density at radius 1 is 1.47 bits per heavy atom. The number of isocyanates is 1. The van der Waals surface area contributed by atoms with Crippen LogP contribution in [0.15, 0.2) is 33.8 Å². The van der Waals surface area contributed by atoms with E-state index in [4.69, 9.17) is 9.26 Å². The van der Waals surface area contributed by atoms with Gasteiger partial charge in [0.1, 0.15) is 0 Å². The maximum atomic E-state index is 13.4. The lowest BCUT2D eigenvalue weighted by Gasteiger charge is -2.02. The fraction of sp³-hybridized carbons (Fsp3) is 0.0909. The summed E-state index contributed by atoms with van der Waals surface area (Å²) in [7, 11) is 1.38. The number of hydrogen-bond donors (Lipinski definition) is 0. The van der Waals surface area contributed by atoms with Gasteiger partial charge in [0.2, 0.25) is 11.9 Å². The molecular weight excluding hydrogens is 227 g/mol. The van der Waals surface area contributed by atoms with Crippen molar-refractivity contribution in [3.63, 3.8) is 0 Å². The Morgan fingerprint density at radius 2 is 2.29 bits per heavy atom. The Morgan fingerprint density at radius 3 is 2.94 bits per heavy atom. The van der Waals surface area contributed by atoms with Crippen molar-refractivity contribution in [2.24, 2.45) is 4.99 Å².